The lowest BCUT2D eigenvalue weighted by molar-refractivity contribution is -0.167. The molecule has 0 saturated heterocycles. The summed E-state index contributed by atoms with van der Waals surface area (Å²) < 4.78 is 16.8. The molecule has 0 fully saturated rings. The summed E-state index contributed by atoms with van der Waals surface area (Å²) in [5.41, 5.74) is 0. The second-order valence-corrected chi connectivity index (χ2v) is 20.6. The Morgan fingerprint density at radius 3 is 0.829 bits per heavy atom. The van der Waals surface area contributed by atoms with Gasteiger partial charge < -0.3 is 14.2 Å². The number of rotatable bonds is 56. The summed E-state index contributed by atoms with van der Waals surface area (Å²) in [4.78, 5) is 38.0. The van der Waals surface area contributed by atoms with Crippen LogP contribution < -0.4 is 0 Å². The Morgan fingerprint density at radius 1 is 0.276 bits per heavy atom. The summed E-state index contributed by atoms with van der Waals surface area (Å²) in [7, 11) is 0. The maximum absolute atomic E-state index is 12.8. The summed E-state index contributed by atoms with van der Waals surface area (Å²) in [5, 5.41) is 0. The molecule has 0 radical (unpaired) electrons. The molecule has 432 valence electrons. The monoisotopic (exact) mass is 1050 g/mol. The van der Waals surface area contributed by atoms with Gasteiger partial charge in [0.25, 0.3) is 0 Å². The number of carbonyl (C=O) groups excluding carboxylic acids is 3. The van der Waals surface area contributed by atoms with Crippen molar-refractivity contribution < 1.29 is 28.6 Å². The maximum atomic E-state index is 12.8. The van der Waals surface area contributed by atoms with Crippen LogP contribution in [-0.4, -0.2) is 37.2 Å². The van der Waals surface area contributed by atoms with Gasteiger partial charge in [-0.2, -0.15) is 0 Å². The van der Waals surface area contributed by atoms with Crippen molar-refractivity contribution in [2.45, 2.75) is 290 Å². The van der Waals surface area contributed by atoms with Crippen molar-refractivity contribution in [1.82, 2.24) is 0 Å². The first-order chi connectivity index (χ1) is 37.5. The van der Waals surface area contributed by atoms with Crippen LogP contribution in [0.2, 0.25) is 0 Å². The Hall–Kier alpha value is -4.19. The van der Waals surface area contributed by atoms with E-state index in [1.165, 1.54) is 122 Å². The predicted molar refractivity (Wildman–Crippen MR) is 330 cm³/mol. The highest BCUT2D eigenvalue weighted by molar-refractivity contribution is 5.71. The lowest BCUT2D eigenvalue weighted by Gasteiger charge is -2.18. The van der Waals surface area contributed by atoms with E-state index < -0.39 is 6.10 Å². The van der Waals surface area contributed by atoms with Crippen molar-refractivity contribution in [3.8, 4) is 0 Å². The Bertz CT molecular complexity index is 1590. The van der Waals surface area contributed by atoms with Gasteiger partial charge in [0.1, 0.15) is 13.2 Å². The Morgan fingerprint density at radius 2 is 0.513 bits per heavy atom. The molecule has 0 aliphatic rings. The van der Waals surface area contributed by atoms with Crippen molar-refractivity contribution in [2.24, 2.45) is 0 Å². The Balaban J connectivity index is 4.20. The number of esters is 3. The molecule has 0 rings (SSSR count). The van der Waals surface area contributed by atoms with Gasteiger partial charge >= 0.3 is 17.9 Å². The normalized spacial score (nSPS) is 12.9. The number of ether oxygens (including phenoxy) is 3. The molecule has 0 saturated carbocycles. The molecule has 1 atom stereocenters. The van der Waals surface area contributed by atoms with Gasteiger partial charge in [-0.25, -0.2) is 0 Å². The molecule has 0 heterocycles. The second kappa shape index (κ2) is 63.3. The SMILES string of the molecule is CC/C=C\C/C=C\C/C=C\C/C=C\C/C=C\C/C=C\C/C=C\C/C=C\C/C=C\CCCCCC(=O)OCC(COC(=O)CCCCCCCC)OC(=O)CCCCCCCCCCC/C=C\CCCCCCCCCC. The van der Waals surface area contributed by atoms with E-state index in [4.69, 9.17) is 14.2 Å². The summed E-state index contributed by atoms with van der Waals surface area (Å²) in [6, 6.07) is 0. The molecule has 0 amide bonds. The number of carbonyl (C=O) groups is 3. The van der Waals surface area contributed by atoms with Crippen LogP contribution in [0.25, 0.3) is 0 Å². The third-order valence-electron chi connectivity index (χ3n) is 13.2. The summed E-state index contributed by atoms with van der Waals surface area (Å²) in [6.45, 7) is 6.44. The van der Waals surface area contributed by atoms with Gasteiger partial charge in [-0.15, -0.1) is 0 Å². The summed E-state index contributed by atoms with van der Waals surface area (Å²) in [5.74, 6) is -0.935. The largest absolute Gasteiger partial charge is 0.462 e. The van der Waals surface area contributed by atoms with Gasteiger partial charge in [0.2, 0.25) is 0 Å². The summed E-state index contributed by atoms with van der Waals surface area (Å²) in [6.07, 6.45) is 88.1. The average molecular weight is 1050 g/mol. The van der Waals surface area contributed by atoms with Crippen molar-refractivity contribution in [3.05, 3.63) is 122 Å². The smallest absolute Gasteiger partial charge is 0.306 e. The van der Waals surface area contributed by atoms with E-state index >= 15 is 0 Å². The van der Waals surface area contributed by atoms with Crippen molar-refractivity contribution in [1.29, 1.82) is 0 Å². The third kappa shape index (κ3) is 60.7. The number of hydrogen-bond donors (Lipinski definition) is 0. The Labute approximate surface area is 469 Å². The molecule has 0 aromatic rings. The topological polar surface area (TPSA) is 78.9 Å². The van der Waals surface area contributed by atoms with E-state index in [0.717, 1.165) is 122 Å². The summed E-state index contributed by atoms with van der Waals surface area (Å²) >= 11 is 0. The van der Waals surface area contributed by atoms with E-state index in [2.05, 4.69) is 142 Å². The highest BCUT2D eigenvalue weighted by Crippen LogP contribution is 2.15. The van der Waals surface area contributed by atoms with Crippen LogP contribution in [0.5, 0.6) is 0 Å². The molecule has 0 aliphatic carbocycles. The van der Waals surface area contributed by atoms with E-state index in [1.807, 2.05) is 0 Å². The maximum Gasteiger partial charge on any atom is 0.306 e. The van der Waals surface area contributed by atoms with E-state index in [0.29, 0.717) is 19.3 Å². The minimum absolute atomic E-state index is 0.0907. The molecule has 0 aromatic heterocycles. The standard InChI is InChI=1S/C70H116O6/c1-4-7-10-13-16-18-20-22-24-26-28-30-31-32-33-34-35-36-37-38-39-41-42-44-46-48-50-52-54-57-60-63-69(72)75-66-67(65-74-68(71)62-59-56-15-12-9-6-3)76-70(73)64-61-58-55-53-51-49-47-45-43-40-29-27-25-23-21-19-17-14-11-8-5-2/h7,10,16,18,22,24,27-30,32-33,35-36,38-39,42,44,48,50,67H,4-6,8-9,11-15,17,19-21,23,25-26,31,34,37,40-41,43,45-47,49,51-66H2,1-3H3/b10-7-,18-16-,24-22-,29-27-,30-28-,33-32-,36-35-,39-38-,44-42-,50-48-. The zero-order valence-electron chi connectivity index (χ0n) is 49.5. The third-order valence-corrected chi connectivity index (χ3v) is 13.2. The second-order valence-electron chi connectivity index (χ2n) is 20.6. The molecular formula is C70H116O6. The van der Waals surface area contributed by atoms with Gasteiger partial charge in [-0.1, -0.05) is 271 Å². The molecule has 0 aliphatic heterocycles. The number of hydrogen-bond acceptors (Lipinski definition) is 6. The van der Waals surface area contributed by atoms with Crippen molar-refractivity contribution >= 4 is 17.9 Å². The zero-order valence-corrected chi connectivity index (χ0v) is 49.5. The van der Waals surface area contributed by atoms with Crippen LogP contribution in [-0.2, 0) is 28.6 Å². The molecule has 0 bridgehead atoms. The quantitative estimate of drug-likeness (QED) is 0.0261. The van der Waals surface area contributed by atoms with Crippen LogP contribution in [0.3, 0.4) is 0 Å². The molecule has 6 heteroatoms. The fourth-order valence-electron chi connectivity index (χ4n) is 8.49. The van der Waals surface area contributed by atoms with Gasteiger partial charge in [0.05, 0.1) is 0 Å². The zero-order chi connectivity index (χ0) is 55.0. The average Bonchev–Trinajstić information content (AvgIpc) is 3.42. The van der Waals surface area contributed by atoms with Crippen molar-refractivity contribution in [3.63, 3.8) is 0 Å². The van der Waals surface area contributed by atoms with Gasteiger partial charge in [0, 0.05) is 19.3 Å². The van der Waals surface area contributed by atoms with Crippen LogP contribution in [0.4, 0.5) is 0 Å². The van der Waals surface area contributed by atoms with E-state index in [1.54, 1.807) is 0 Å². The van der Waals surface area contributed by atoms with E-state index in [9.17, 15) is 14.4 Å². The highest BCUT2D eigenvalue weighted by Gasteiger charge is 2.19. The van der Waals surface area contributed by atoms with Crippen LogP contribution in [0.15, 0.2) is 122 Å². The molecular weight excluding hydrogens is 937 g/mol. The van der Waals surface area contributed by atoms with Crippen LogP contribution in [0, 0.1) is 0 Å². The lowest BCUT2D eigenvalue weighted by Crippen LogP contribution is -2.30. The Kier molecular flexibility index (Phi) is 59.9. The fraction of sp³-hybridized carbons (Fsp3) is 0.671. The van der Waals surface area contributed by atoms with E-state index in [-0.39, 0.29) is 31.1 Å². The predicted octanol–water partition coefficient (Wildman–Crippen LogP) is 21.6. The molecule has 6 nitrogen and oxygen atoms in total. The molecule has 76 heavy (non-hydrogen) atoms. The van der Waals surface area contributed by atoms with Crippen LogP contribution >= 0.6 is 0 Å². The molecule has 1 unspecified atom stereocenters. The molecule has 0 aromatic carbocycles. The fourth-order valence-corrected chi connectivity index (χ4v) is 8.49. The highest BCUT2D eigenvalue weighted by atomic mass is 16.6. The van der Waals surface area contributed by atoms with Gasteiger partial charge in [0.15, 0.2) is 6.10 Å². The first kappa shape index (κ1) is 71.8. The van der Waals surface area contributed by atoms with Gasteiger partial charge in [-0.3, -0.25) is 14.4 Å². The van der Waals surface area contributed by atoms with Crippen LogP contribution in [0.1, 0.15) is 284 Å². The lowest BCUT2D eigenvalue weighted by atomic mass is 10.1. The number of allylic oxidation sites excluding steroid dienone is 20. The van der Waals surface area contributed by atoms with Crippen molar-refractivity contribution in [2.75, 3.05) is 13.2 Å². The van der Waals surface area contributed by atoms with Gasteiger partial charge in [-0.05, 0) is 116 Å². The molecule has 0 spiro atoms. The molecule has 0 N–H and O–H groups in total. The first-order valence-corrected chi connectivity index (χ1v) is 31.5. The minimum atomic E-state index is -0.793. The first-order valence-electron chi connectivity index (χ1n) is 31.5. The number of unbranched alkanes of at least 4 members (excludes halogenated alkanes) is 25. The minimum Gasteiger partial charge on any atom is -0.462 e.